The van der Waals surface area contributed by atoms with E-state index in [1.54, 1.807) is 0 Å². The average molecular weight is 422 g/mol. The molecule has 1 amide bonds. The summed E-state index contributed by atoms with van der Waals surface area (Å²) in [5, 5.41) is 3.07. The maximum Gasteiger partial charge on any atom is 0.253 e. The molecular formula is C20H24ClN3O3S. The maximum atomic E-state index is 12.6. The van der Waals surface area contributed by atoms with Crippen molar-refractivity contribution in [3.63, 3.8) is 0 Å². The predicted octanol–water partition coefficient (Wildman–Crippen LogP) is 2.77. The van der Waals surface area contributed by atoms with Gasteiger partial charge in [0.05, 0.1) is 15.5 Å². The van der Waals surface area contributed by atoms with Gasteiger partial charge in [-0.2, -0.15) is 0 Å². The van der Waals surface area contributed by atoms with Gasteiger partial charge in [-0.25, -0.2) is 13.1 Å². The molecular weight excluding hydrogens is 398 g/mol. The van der Waals surface area contributed by atoms with Gasteiger partial charge in [0.1, 0.15) is 0 Å². The van der Waals surface area contributed by atoms with Crippen LogP contribution in [0.4, 0.5) is 0 Å². The van der Waals surface area contributed by atoms with E-state index in [-0.39, 0.29) is 15.5 Å². The molecule has 2 aromatic rings. The number of nitrogens with one attached hydrogen (secondary N) is 2. The van der Waals surface area contributed by atoms with Crippen LogP contribution in [-0.4, -0.2) is 39.4 Å². The minimum atomic E-state index is -3.65. The molecule has 0 saturated carbocycles. The summed E-state index contributed by atoms with van der Waals surface area (Å²) < 4.78 is 26.2. The molecule has 0 atom stereocenters. The van der Waals surface area contributed by atoms with Crippen molar-refractivity contribution in [2.24, 2.45) is 0 Å². The lowest BCUT2D eigenvalue weighted by Gasteiger charge is -2.18. The van der Waals surface area contributed by atoms with Gasteiger partial charge in [-0.05, 0) is 62.3 Å². The number of rotatable bonds is 7. The van der Waals surface area contributed by atoms with E-state index in [0.717, 1.165) is 25.2 Å². The number of likely N-dealkylation sites (tertiary alicyclic amines) is 1. The Hall–Kier alpha value is -1.93. The highest BCUT2D eigenvalue weighted by Gasteiger charge is 2.18. The monoisotopic (exact) mass is 421 g/mol. The molecule has 3 rings (SSSR count). The normalized spacial score (nSPS) is 14.9. The first-order valence-corrected chi connectivity index (χ1v) is 11.1. The molecule has 0 radical (unpaired) electrons. The summed E-state index contributed by atoms with van der Waals surface area (Å²) in [6.07, 6.45) is 2.45. The molecule has 150 valence electrons. The molecule has 1 heterocycles. The molecule has 2 aromatic carbocycles. The van der Waals surface area contributed by atoms with E-state index < -0.39 is 15.9 Å². The minimum Gasteiger partial charge on any atom is -0.348 e. The molecule has 28 heavy (non-hydrogen) atoms. The molecule has 0 unspecified atom stereocenters. The number of amides is 1. The van der Waals surface area contributed by atoms with E-state index in [9.17, 15) is 13.2 Å². The van der Waals surface area contributed by atoms with E-state index in [2.05, 4.69) is 21.0 Å². The number of sulfonamides is 1. The third kappa shape index (κ3) is 4.91. The highest BCUT2D eigenvalue weighted by molar-refractivity contribution is 7.89. The fraction of sp³-hybridized carbons (Fsp3) is 0.350. The van der Waals surface area contributed by atoms with Crippen LogP contribution >= 0.6 is 11.6 Å². The molecule has 2 N–H and O–H groups in total. The van der Waals surface area contributed by atoms with Gasteiger partial charge < -0.3 is 5.32 Å². The second-order valence-corrected chi connectivity index (χ2v) is 9.08. The topological polar surface area (TPSA) is 78.5 Å². The first-order valence-electron chi connectivity index (χ1n) is 9.21. The first-order chi connectivity index (χ1) is 13.4. The van der Waals surface area contributed by atoms with Crippen LogP contribution in [0.25, 0.3) is 0 Å². The SMILES string of the molecule is CNS(=O)(=O)c1ccc(Cl)c(C(=O)NCc2ccccc2CN2CCCC2)c1. The lowest BCUT2D eigenvalue weighted by Crippen LogP contribution is -2.26. The van der Waals surface area contributed by atoms with Crippen LogP contribution < -0.4 is 10.0 Å². The average Bonchev–Trinajstić information content (AvgIpc) is 3.20. The van der Waals surface area contributed by atoms with Crippen LogP contribution in [-0.2, 0) is 23.1 Å². The van der Waals surface area contributed by atoms with E-state index in [1.807, 2.05) is 18.2 Å². The second kappa shape index (κ2) is 9.05. The number of benzene rings is 2. The van der Waals surface area contributed by atoms with Gasteiger partial charge in [0.25, 0.3) is 5.91 Å². The summed E-state index contributed by atoms with van der Waals surface area (Å²) in [7, 11) is -2.33. The Kier molecular flexibility index (Phi) is 6.72. The third-order valence-corrected chi connectivity index (χ3v) is 6.65. The lowest BCUT2D eigenvalue weighted by molar-refractivity contribution is 0.0950. The Morgan fingerprint density at radius 2 is 1.79 bits per heavy atom. The van der Waals surface area contributed by atoms with Crippen LogP contribution in [0, 0.1) is 0 Å². The van der Waals surface area contributed by atoms with Crippen LogP contribution in [0.3, 0.4) is 0 Å². The standard InChI is InChI=1S/C20H24ClN3O3S/c1-22-28(26,27)17-8-9-19(21)18(12-17)20(25)23-13-15-6-2-3-7-16(15)14-24-10-4-5-11-24/h2-3,6-9,12,22H,4-5,10-11,13-14H2,1H3,(H,23,25). The largest absolute Gasteiger partial charge is 0.348 e. The van der Waals surface area contributed by atoms with Crippen molar-refractivity contribution in [2.75, 3.05) is 20.1 Å². The first kappa shape index (κ1) is 20.8. The Bertz CT molecular complexity index is 957. The Balaban J connectivity index is 1.73. The molecule has 1 aliphatic heterocycles. The molecule has 0 aliphatic carbocycles. The van der Waals surface area contributed by atoms with Gasteiger partial charge in [0, 0.05) is 13.1 Å². The number of hydrogen-bond acceptors (Lipinski definition) is 4. The van der Waals surface area contributed by atoms with Crippen molar-refractivity contribution >= 4 is 27.5 Å². The predicted molar refractivity (Wildman–Crippen MR) is 110 cm³/mol. The van der Waals surface area contributed by atoms with E-state index in [0.29, 0.717) is 6.54 Å². The quantitative estimate of drug-likeness (QED) is 0.720. The highest BCUT2D eigenvalue weighted by atomic mass is 35.5. The number of carbonyl (C=O) groups excluding carboxylic acids is 1. The molecule has 1 aliphatic rings. The maximum absolute atomic E-state index is 12.6. The van der Waals surface area contributed by atoms with Crippen molar-refractivity contribution in [1.29, 1.82) is 0 Å². The summed E-state index contributed by atoms with van der Waals surface area (Å²) in [4.78, 5) is 15.0. The van der Waals surface area contributed by atoms with Crippen LogP contribution in [0.1, 0.15) is 34.3 Å². The molecule has 0 bridgehead atoms. The lowest BCUT2D eigenvalue weighted by atomic mass is 10.1. The van der Waals surface area contributed by atoms with Crippen LogP contribution in [0.5, 0.6) is 0 Å². The summed E-state index contributed by atoms with van der Waals surface area (Å²) in [5.74, 6) is -0.408. The van der Waals surface area contributed by atoms with Crippen LogP contribution in [0.15, 0.2) is 47.4 Å². The van der Waals surface area contributed by atoms with E-state index in [1.165, 1.54) is 43.7 Å². The zero-order valence-electron chi connectivity index (χ0n) is 15.7. The molecule has 1 saturated heterocycles. The summed E-state index contributed by atoms with van der Waals surface area (Å²) >= 11 is 6.13. The molecule has 1 fully saturated rings. The van der Waals surface area contributed by atoms with Crippen LogP contribution in [0.2, 0.25) is 5.02 Å². The van der Waals surface area contributed by atoms with Gasteiger partial charge >= 0.3 is 0 Å². The molecule has 0 spiro atoms. The number of nitrogens with zero attached hydrogens (tertiary/aromatic N) is 1. The molecule has 6 nitrogen and oxygen atoms in total. The smallest absolute Gasteiger partial charge is 0.253 e. The van der Waals surface area contributed by atoms with Gasteiger partial charge in [0.15, 0.2) is 0 Å². The zero-order chi connectivity index (χ0) is 20.1. The summed E-state index contributed by atoms with van der Waals surface area (Å²) in [5.41, 5.74) is 2.36. The number of carbonyl (C=O) groups is 1. The Morgan fingerprint density at radius 1 is 1.11 bits per heavy atom. The van der Waals surface area contributed by atoms with Gasteiger partial charge in [-0.3, -0.25) is 9.69 Å². The fourth-order valence-electron chi connectivity index (χ4n) is 3.30. The Labute approximate surface area is 170 Å². The molecule has 0 aromatic heterocycles. The minimum absolute atomic E-state index is 0.000941. The number of halogens is 1. The summed E-state index contributed by atoms with van der Waals surface area (Å²) in [6, 6.07) is 12.1. The van der Waals surface area contributed by atoms with Crippen molar-refractivity contribution in [1.82, 2.24) is 14.9 Å². The zero-order valence-corrected chi connectivity index (χ0v) is 17.3. The van der Waals surface area contributed by atoms with Gasteiger partial charge in [-0.1, -0.05) is 35.9 Å². The fourth-order valence-corrected chi connectivity index (χ4v) is 4.26. The van der Waals surface area contributed by atoms with Crippen molar-refractivity contribution < 1.29 is 13.2 Å². The van der Waals surface area contributed by atoms with Crippen molar-refractivity contribution in [2.45, 2.75) is 30.8 Å². The highest BCUT2D eigenvalue weighted by Crippen LogP contribution is 2.21. The van der Waals surface area contributed by atoms with Crippen molar-refractivity contribution in [3.05, 3.63) is 64.2 Å². The van der Waals surface area contributed by atoms with E-state index >= 15 is 0 Å². The van der Waals surface area contributed by atoms with Gasteiger partial charge in [-0.15, -0.1) is 0 Å². The van der Waals surface area contributed by atoms with Gasteiger partial charge in [0.2, 0.25) is 10.0 Å². The molecule has 8 heteroatoms. The Morgan fingerprint density at radius 3 is 2.46 bits per heavy atom. The van der Waals surface area contributed by atoms with Crippen molar-refractivity contribution in [3.8, 4) is 0 Å². The summed E-state index contributed by atoms with van der Waals surface area (Å²) in [6.45, 7) is 3.41. The second-order valence-electron chi connectivity index (χ2n) is 6.78. The van der Waals surface area contributed by atoms with E-state index in [4.69, 9.17) is 11.6 Å². The third-order valence-electron chi connectivity index (χ3n) is 4.91. The number of hydrogen-bond donors (Lipinski definition) is 2.